The largest absolute Gasteiger partial charge is 0.465 e. The molecule has 2 aliphatic rings. The van der Waals surface area contributed by atoms with Gasteiger partial charge in [-0.25, -0.2) is 4.79 Å². The van der Waals surface area contributed by atoms with Gasteiger partial charge in [-0.3, -0.25) is 0 Å². The zero-order valence-corrected chi connectivity index (χ0v) is 14.0. The molecule has 1 aromatic rings. The molecule has 110 valence electrons. The molecule has 3 rings (SSSR count). The van der Waals surface area contributed by atoms with Crippen molar-refractivity contribution >= 4 is 33.4 Å². The van der Waals surface area contributed by atoms with E-state index >= 15 is 0 Å². The van der Waals surface area contributed by atoms with Gasteiger partial charge in [-0.2, -0.15) is 0 Å². The molecular formula is C14H18BrNO3S. The summed E-state index contributed by atoms with van der Waals surface area (Å²) >= 11 is 5.31. The van der Waals surface area contributed by atoms with Crippen molar-refractivity contribution in [3.8, 4) is 0 Å². The minimum absolute atomic E-state index is 0.196. The summed E-state index contributed by atoms with van der Waals surface area (Å²) in [7, 11) is 0. The minimum Gasteiger partial charge on any atom is -0.465 e. The summed E-state index contributed by atoms with van der Waals surface area (Å²) in [5.74, 6) is 0. The van der Waals surface area contributed by atoms with E-state index in [-0.39, 0.29) is 11.2 Å². The number of carboxylic acid groups (broad SMARTS) is 1. The number of thiophene rings is 1. The number of hydrogen-bond acceptors (Lipinski definition) is 3. The molecule has 4 nitrogen and oxygen atoms in total. The standard InChI is InChI=1S/C14H18BrNO3S/c1-13(2)8-9-7-10(15)20-11(9)14(19-13)3-5-16(6-4-14)12(17)18/h7H,3-6,8H2,1-2H3,(H,17,18). The summed E-state index contributed by atoms with van der Waals surface area (Å²) < 4.78 is 7.57. The third-order valence-corrected chi connectivity index (χ3v) is 5.99. The Kier molecular flexibility index (Phi) is 3.38. The molecule has 2 aliphatic heterocycles. The maximum absolute atomic E-state index is 11.1. The molecule has 6 heteroatoms. The second-order valence-corrected chi connectivity index (χ2v) is 8.64. The van der Waals surface area contributed by atoms with Gasteiger partial charge in [-0.1, -0.05) is 0 Å². The predicted molar refractivity (Wildman–Crippen MR) is 81.4 cm³/mol. The number of carbonyl (C=O) groups is 1. The van der Waals surface area contributed by atoms with Crippen LogP contribution < -0.4 is 0 Å². The van der Waals surface area contributed by atoms with Crippen LogP contribution in [0.2, 0.25) is 0 Å². The van der Waals surface area contributed by atoms with Gasteiger partial charge in [0.2, 0.25) is 0 Å². The van der Waals surface area contributed by atoms with E-state index in [4.69, 9.17) is 9.84 Å². The molecule has 1 fully saturated rings. The molecule has 0 unspecified atom stereocenters. The van der Waals surface area contributed by atoms with Crippen LogP contribution in [0.25, 0.3) is 0 Å². The highest BCUT2D eigenvalue weighted by Crippen LogP contribution is 2.50. The van der Waals surface area contributed by atoms with Gasteiger partial charge in [0.1, 0.15) is 5.60 Å². The molecule has 20 heavy (non-hydrogen) atoms. The number of fused-ring (bicyclic) bond motifs is 2. The Bertz CT molecular complexity index is 547. The lowest BCUT2D eigenvalue weighted by atomic mass is 9.81. The third-order valence-electron chi connectivity index (χ3n) is 4.12. The average Bonchev–Trinajstić information content (AvgIpc) is 2.69. The monoisotopic (exact) mass is 359 g/mol. The predicted octanol–water partition coefficient (Wildman–Crippen LogP) is 3.83. The summed E-state index contributed by atoms with van der Waals surface area (Å²) in [6.07, 6.45) is 1.56. The van der Waals surface area contributed by atoms with Crippen LogP contribution in [-0.2, 0) is 16.8 Å². The first kappa shape index (κ1) is 14.4. The summed E-state index contributed by atoms with van der Waals surface area (Å²) in [6, 6.07) is 2.19. The molecule has 0 atom stereocenters. The first-order chi connectivity index (χ1) is 9.31. The van der Waals surface area contributed by atoms with E-state index < -0.39 is 6.09 Å². The Morgan fingerprint density at radius 2 is 2.10 bits per heavy atom. The Balaban J connectivity index is 1.95. The molecule has 3 heterocycles. The molecule has 0 saturated carbocycles. The van der Waals surface area contributed by atoms with Crippen molar-refractivity contribution in [3.05, 3.63) is 20.3 Å². The maximum atomic E-state index is 11.1. The SMILES string of the molecule is CC1(C)Cc2cc(Br)sc2C2(CCN(C(=O)O)CC2)O1. The number of amides is 1. The molecule has 1 saturated heterocycles. The van der Waals surface area contributed by atoms with Crippen LogP contribution in [0.4, 0.5) is 4.79 Å². The molecule has 1 aromatic heterocycles. The quantitative estimate of drug-likeness (QED) is 0.765. The Morgan fingerprint density at radius 3 is 2.70 bits per heavy atom. The van der Waals surface area contributed by atoms with Crippen molar-refractivity contribution in [1.29, 1.82) is 0 Å². The van der Waals surface area contributed by atoms with E-state index in [1.165, 1.54) is 15.3 Å². The van der Waals surface area contributed by atoms with Crippen molar-refractivity contribution in [1.82, 2.24) is 4.90 Å². The van der Waals surface area contributed by atoms with Crippen molar-refractivity contribution in [2.24, 2.45) is 0 Å². The maximum Gasteiger partial charge on any atom is 0.407 e. The van der Waals surface area contributed by atoms with Crippen LogP contribution in [0, 0.1) is 0 Å². The fourth-order valence-electron chi connectivity index (χ4n) is 3.37. The van der Waals surface area contributed by atoms with Crippen molar-refractivity contribution in [3.63, 3.8) is 0 Å². The number of rotatable bonds is 0. The van der Waals surface area contributed by atoms with Gasteiger partial charge in [-0.05, 0) is 54.2 Å². The average molecular weight is 360 g/mol. The fourth-order valence-corrected chi connectivity index (χ4v) is 5.22. The van der Waals surface area contributed by atoms with Crippen molar-refractivity contribution < 1.29 is 14.6 Å². The van der Waals surface area contributed by atoms with Gasteiger partial charge >= 0.3 is 6.09 Å². The summed E-state index contributed by atoms with van der Waals surface area (Å²) in [5, 5.41) is 9.11. The number of hydrogen-bond donors (Lipinski definition) is 1. The Labute approximate surface area is 130 Å². The molecule has 1 amide bonds. The Hall–Kier alpha value is -0.590. The van der Waals surface area contributed by atoms with Gasteiger partial charge in [-0.15, -0.1) is 11.3 Å². The molecule has 0 bridgehead atoms. The first-order valence-corrected chi connectivity index (χ1v) is 8.39. The van der Waals surface area contributed by atoms with Crippen LogP contribution in [0.1, 0.15) is 37.1 Å². The number of nitrogens with zero attached hydrogens (tertiary/aromatic N) is 1. The lowest BCUT2D eigenvalue weighted by Crippen LogP contribution is -2.52. The summed E-state index contributed by atoms with van der Waals surface area (Å²) in [4.78, 5) is 13.9. The van der Waals surface area contributed by atoms with Gasteiger partial charge in [0.15, 0.2) is 0 Å². The number of halogens is 1. The minimum atomic E-state index is -0.831. The zero-order valence-electron chi connectivity index (χ0n) is 11.6. The second-order valence-electron chi connectivity index (χ2n) is 6.21. The third kappa shape index (κ3) is 2.38. The highest BCUT2D eigenvalue weighted by Gasteiger charge is 2.48. The molecule has 0 aliphatic carbocycles. The summed E-state index contributed by atoms with van der Waals surface area (Å²) in [5.41, 5.74) is 0.848. The van der Waals surface area contributed by atoms with E-state index in [0.29, 0.717) is 13.1 Å². The topological polar surface area (TPSA) is 49.8 Å². The second kappa shape index (κ2) is 4.71. The number of ether oxygens (including phenoxy) is 1. The van der Waals surface area contributed by atoms with Gasteiger partial charge in [0.05, 0.1) is 9.39 Å². The van der Waals surface area contributed by atoms with Gasteiger partial charge < -0.3 is 14.7 Å². The van der Waals surface area contributed by atoms with Gasteiger partial charge in [0.25, 0.3) is 0 Å². The zero-order chi connectivity index (χ0) is 14.5. The van der Waals surface area contributed by atoms with E-state index in [2.05, 4.69) is 35.8 Å². The number of piperidine rings is 1. The van der Waals surface area contributed by atoms with Crippen LogP contribution in [0.3, 0.4) is 0 Å². The molecule has 0 radical (unpaired) electrons. The molecule has 0 aromatic carbocycles. The van der Waals surface area contributed by atoms with E-state index in [1.807, 2.05) is 0 Å². The summed E-state index contributed by atoms with van der Waals surface area (Å²) in [6.45, 7) is 5.32. The van der Waals surface area contributed by atoms with E-state index in [9.17, 15) is 4.79 Å². The van der Waals surface area contributed by atoms with Gasteiger partial charge in [0, 0.05) is 24.4 Å². The van der Waals surface area contributed by atoms with Crippen LogP contribution in [-0.4, -0.2) is 34.8 Å². The smallest absolute Gasteiger partial charge is 0.407 e. The lowest BCUT2D eigenvalue weighted by molar-refractivity contribution is -0.174. The molecule has 1 N–H and O–H groups in total. The molecular weight excluding hydrogens is 342 g/mol. The van der Waals surface area contributed by atoms with Crippen molar-refractivity contribution in [2.75, 3.05) is 13.1 Å². The van der Waals surface area contributed by atoms with E-state index in [1.54, 1.807) is 11.3 Å². The van der Waals surface area contributed by atoms with Crippen molar-refractivity contribution in [2.45, 2.75) is 44.3 Å². The number of likely N-dealkylation sites (tertiary alicyclic amines) is 1. The Morgan fingerprint density at radius 1 is 1.45 bits per heavy atom. The molecule has 1 spiro atoms. The highest BCUT2D eigenvalue weighted by atomic mass is 79.9. The van der Waals surface area contributed by atoms with Crippen LogP contribution in [0.5, 0.6) is 0 Å². The highest BCUT2D eigenvalue weighted by molar-refractivity contribution is 9.11. The lowest BCUT2D eigenvalue weighted by Gasteiger charge is -2.48. The van der Waals surface area contributed by atoms with E-state index in [0.717, 1.165) is 23.0 Å². The van der Waals surface area contributed by atoms with Crippen LogP contribution in [0.15, 0.2) is 9.85 Å². The van der Waals surface area contributed by atoms with Crippen LogP contribution >= 0.6 is 27.3 Å². The first-order valence-electron chi connectivity index (χ1n) is 6.78. The fraction of sp³-hybridized carbons (Fsp3) is 0.643. The normalized spacial score (nSPS) is 23.6.